The Morgan fingerprint density at radius 3 is 2.62 bits per heavy atom. The van der Waals surface area contributed by atoms with Crippen LogP contribution in [0.4, 0.5) is 5.69 Å². The number of hydrogen-bond acceptors (Lipinski definition) is 14. The first-order valence-corrected chi connectivity index (χ1v) is 18.1. The first kappa shape index (κ1) is 38.6. The summed E-state index contributed by atoms with van der Waals surface area (Å²) in [6, 6.07) is 10.2. The van der Waals surface area contributed by atoms with Gasteiger partial charge >= 0.3 is 0 Å². The lowest BCUT2D eigenvalue weighted by Crippen LogP contribution is -3.01. The average molecular weight is 762 g/mol. The second-order valence-corrected chi connectivity index (χ2v) is 14.8. The number of phenolic OH excluding ortho intramolecular Hbond substituents is 2. The molecule has 0 saturated heterocycles. The molecule has 55 heavy (non-hydrogen) atoms. The summed E-state index contributed by atoms with van der Waals surface area (Å²) in [7, 11) is 0. The van der Waals surface area contributed by atoms with Gasteiger partial charge in [0, 0.05) is 42.7 Å². The van der Waals surface area contributed by atoms with Crippen LogP contribution in [0.2, 0.25) is 0 Å². The second kappa shape index (κ2) is 15.1. The Bertz CT molecular complexity index is 2270. The molecule has 9 N–H and O–H groups in total. The summed E-state index contributed by atoms with van der Waals surface area (Å²) in [5, 5.41) is 85.3. The zero-order valence-electron chi connectivity index (χ0n) is 30.3. The highest BCUT2D eigenvalue weighted by Crippen LogP contribution is 2.44. The summed E-state index contributed by atoms with van der Waals surface area (Å²) >= 11 is 0. The van der Waals surface area contributed by atoms with E-state index in [9.17, 15) is 45.6 Å². The van der Waals surface area contributed by atoms with Gasteiger partial charge in [-0.2, -0.15) is 0 Å². The molecule has 1 aromatic heterocycles. The normalized spacial score (nSPS) is 23.1. The zero-order valence-corrected chi connectivity index (χ0v) is 30.3. The molecule has 0 radical (unpaired) electrons. The fourth-order valence-corrected chi connectivity index (χ4v) is 7.69. The van der Waals surface area contributed by atoms with E-state index in [1.807, 2.05) is 12.3 Å². The van der Waals surface area contributed by atoms with Crippen LogP contribution in [-0.4, -0.2) is 109 Å². The lowest BCUT2D eigenvalue weighted by molar-refractivity contribution is -0.759. The van der Waals surface area contributed by atoms with Crippen LogP contribution in [0, 0.1) is 6.92 Å². The molecule has 0 amide bonds. The molecular formula is C40H45N2O13+. The van der Waals surface area contributed by atoms with Gasteiger partial charge in [-0.15, -0.1) is 0 Å². The van der Waals surface area contributed by atoms with Gasteiger partial charge in [0.1, 0.15) is 77.9 Å². The van der Waals surface area contributed by atoms with E-state index in [0.29, 0.717) is 63.0 Å². The van der Waals surface area contributed by atoms with Crippen molar-refractivity contribution in [2.24, 2.45) is 4.99 Å². The Labute approximate surface area is 314 Å². The number of aliphatic imine (C=N–C) groups is 1. The third-order valence-electron chi connectivity index (χ3n) is 10.8. The maximum Gasteiger partial charge on any atom is 0.222 e. The molecule has 7 atom stereocenters. The predicted molar refractivity (Wildman–Crippen MR) is 198 cm³/mol. The highest BCUT2D eigenvalue weighted by atomic mass is 17.2. The standard InChI is InChI=1S/C40H44N2O13/c1-21-12-31(47)28-13-24-14-33(39(2,9-3-11-43)54-36(24)34(37(28)53-21)42-17-23-8-10-41-29(23)18-42)55-52-20-40(51,38(50)35(49)32(48)19-44)16-22-4-7-30(46)26-6-5-25(45)15-27(22)26/h4-8,10,12-13,15,17,32-33,35,38,43-46,48-51H,3,9,11,14,16,18-20H2,1-2H3/p+1/t32-,33-,35-,38+,39-,40+/m1/s1. The molecule has 292 valence electrons. The smallest absolute Gasteiger partial charge is 0.222 e. The van der Waals surface area contributed by atoms with Crippen LogP contribution < -0.4 is 15.1 Å². The highest BCUT2D eigenvalue weighted by Gasteiger charge is 2.48. The van der Waals surface area contributed by atoms with Crippen molar-refractivity contribution >= 4 is 33.1 Å². The molecule has 3 aliphatic heterocycles. The van der Waals surface area contributed by atoms with Gasteiger partial charge in [-0.25, -0.2) is 9.78 Å². The van der Waals surface area contributed by atoms with Crippen LogP contribution in [0.5, 0.6) is 17.2 Å². The molecule has 4 heterocycles. The average Bonchev–Trinajstić information content (AvgIpc) is 3.77. The van der Waals surface area contributed by atoms with Gasteiger partial charge in [-0.1, -0.05) is 6.07 Å². The maximum absolute atomic E-state index is 13.4. The number of fused-ring (bicyclic) bond motifs is 4. The molecule has 0 fully saturated rings. The van der Waals surface area contributed by atoms with Gasteiger partial charge in [-0.05, 0) is 74.0 Å². The number of quaternary nitrogens is 1. The van der Waals surface area contributed by atoms with Gasteiger partial charge in [-0.3, -0.25) is 14.7 Å². The summed E-state index contributed by atoms with van der Waals surface area (Å²) in [4.78, 5) is 30.4. The summed E-state index contributed by atoms with van der Waals surface area (Å²) in [5.74, 6) is 0.685. The maximum atomic E-state index is 13.4. The largest absolute Gasteiger partial charge is 0.508 e. The summed E-state index contributed by atoms with van der Waals surface area (Å²) in [5.41, 5.74) is -0.0218. The van der Waals surface area contributed by atoms with Crippen molar-refractivity contribution in [1.29, 1.82) is 0 Å². The van der Waals surface area contributed by atoms with Gasteiger partial charge in [0.2, 0.25) is 11.3 Å². The van der Waals surface area contributed by atoms with E-state index in [4.69, 9.17) is 18.9 Å². The van der Waals surface area contributed by atoms with Crippen molar-refractivity contribution in [3.05, 3.63) is 93.6 Å². The van der Waals surface area contributed by atoms with Crippen molar-refractivity contribution < 1.29 is 64.7 Å². The van der Waals surface area contributed by atoms with Crippen LogP contribution in [0.3, 0.4) is 0 Å². The number of rotatable bonds is 14. The van der Waals surface area contributed by atoms with Gasteiger partial charge < -0.3 is 50.0 Å². The third kappa shape index (κ3) is 7.26. The number of aliphatic hydroxyl groups excluding tert-OH is 5. The SMILES string of the molecule is Cc1cc(=O)c2cc3c(c([NH+]4C=C5C=CN=C5C4)c2o1)O[C@](C)(CCCO)[C@H](OOC[C@@](O)(Cc1ccc(O)c2ccc(O)cc12)[C@@H](O)[C@H](O)[C@H](O)CO)C3. The number of aliphatic hydroxyl groups is 6. The second-order valence-electron chi connectivity index (χ2n) is 14.8. The summed E-state index contributed by atoms with van der Waals surface area (Å²) in [6.07, 6.45) is -0.906. The molecular weight excluding hydrogens is 716 g/mol. The van der Waals surface area contributed by atoms with Crippen molar-refractivity contribution in [2.45, 2.75) is 75.1 Å². The molecule has 1 unspecified atom stereocenters. The number of benzene rings is 3. The summed E-state index contributed by atoms with van der Waals surface area (Å²) in [6.45, 7) is 2.12. The van der Waals surface area contributed by atoms with Crippen LogP contribution in [0.1, 0.15) is 36.7 Å². The molecule has 0 bridgehead atoms. The van der Waals surface area contributed by atoms with Crippen molar-refractivity contribution in [3.8, 4) is 17.2 Å². The number of aromatic hydroxyl groups is 2. The van der Waals surface area contributed by atoms with Gasteiger partial charge in [0.15, 0.2) is 11.2 Å². The first-order valence-electron chi connectivity index (χ1n) is 18.1. The first-order chi connectivity index (χ1) is 26.2. The lowest BCUT2D eigenvalue weighted by Gasteiger charge is -2.42. The van der Waals surface area contributed by atoms with Crippen molar-refractivity contribution in [2.75, 3.05) is 26.4 Å². The van der Waals surface area contributed by atoms with Crippen molar-refractivity contribution in [3.63, 3.8) is 0 Å². The molecule has 0 aliphatic carbocycles. The van der Waals surface area contributed by atoms with Crippen molar-refractivity contribution in [1.82, 2.24) is 0 Å². The Balaban J connectivity index is 1.23. The molecule has 3 aromatic carbocycles. The van der Waals surface area contributed by atoms with Crippen LogP contribution in [-0.2, 0) is 22.6 Å². The summed E-state index contributed by atoms with van der Waals surface area (Å²) < 4.78 is 13.0. The fourth-order valence-electron chi connectivity index (χ4n) is 7.69. The number of hydrogen-bond donors (Lipinski definition) is 9. The minimum atomic E-state index is -2.39. The minimum Gasteiger partial charge on any atom is -0.508 e. The molecule has 0 saturated carbocycles. The van der Waals surface area contributed by atoms with E-state index in [0.717, 1.165) is 16.2 Å². The number of aryl methyl sites for hydroxylation is 1. The van der Waals surface area contributed by atoms with E-state index in [1.54, 1.807) is 26.1 Å². The topological polar surface area (TPSA) is 237 Å². The fraction of sp³-hybridized carbons (Fsp3) is 0.400. The quantitative estimate of drug-likeness (QED) is 0.0642. The third-order valence-corrected chi connectivity index (χ3v) is 10.8. The number of nitrogens with zero attached hydrogens (tertiary/aromatic N) is 1. The minimum absolute atomic E-state index is 0.0989. The van der Waals surface area contributed by atoms with Gasteiger partial charge in [0.05, 0.1) is 17.6 Å². The number of allylic oxidation sites excluding steroid dienone is 1. The predicted octanol–water partition coefficient (Wildman–Crippen LogP) is 0.880. The molecule has 15 nitrogen and oxygen atoms in total. The number of ether oxygens (including phenoxy) is 1. The van der Waals surface area contributed by atoms with Crippen LogP contribution in [0.25, 0.3) is 21.7 Å². The Kier molecular flexibility index (Phi) is 10.6. The molecule has 0 spiro atoms. The van der Waals surface area contributed by atoms with E-state index in [1.165, 1.54) is 36.4 Å². The van der Waals surface area contributed by atoms with Crippen LogP contribution >= 0.6 is 0 Å². The Morgan fingerprint density at radius 1 is 1.07 bits per heavy atom. The van der Waals surface area contributed by atoms with E-state index >= 15 is 0 Å². The Morgan fingerprint density at radius 2 is 1.87 bits per heavy atom. The lowest BCUT2D eigenvalue weighted by atomic mass is 9.84. The molecule has 4 aromatic rings. The molecule has 15 heteroatoms. The zero-order chi connectivity index (χ0) is 39.2. The van der Waals surface area contributed by atoms with E-state index in [2.05, 4.69) is 4.99 Å². The van der Waals surface area contributed by atoms with Gasteiger partial charge in [0.25, 0.3) is 0 Å². The Hall–Kier alpha value is -4.68. The van der Waals surface area contributed by atoms with E-state index < -0.39 is 55.3 Å². The molecule has 3 aliphatic rings. The molecule has 7 rings (SSSR count). The monoisotopic (exact) mass is 761 g/mol. The number of nitrogens with one attached hydrogen (secondary N) is 1. The highest BCUT2D eigenvalue weighted by molar-refractivity contribution is 6.07. The number of phenols is 2. The van der Waals surface area contributed by atoms with E-state index in [-0.39, 0.29) is 36.4 Å². The van der Waals surface area contributed by atoms with Crippen LogP contribution in [0.15, 0.2) is 80.7 Å².